The zero-order valence-corrected chi connectivity index (χ0v) is 13.2. The fraction of sp³-hybridized carbons (Fsp3) is 0.611. The van der Waals surface area contributed by atoms with E-state index in [4.69, 9.17) is 0 Å². The summed E-state index contributed by atoms with van der Waals surface area (Å²) in [5, 5.41) is 3.05. The van der Waals surface area contributed by atoms with E-state index >= 15 is 0 Å². The van der Waals surface area contributed by atoms with E-state index < -0.39 is 0 Å². The van der Waals surface area contributed by atoms with Crippen LogP contribution in [0.5, 0.6) is 0 Å². The molecule has 0 aromatic heterocycles. The van der Waals surface area contributed by atoms with E-state index in [1.165, 1.54) is 49.9 Å². The molecular formula is C18H28N2O. The third-order valence-electron chi connectivity index (χ3n) is 4.21. The molecule has 0 radical (unpaired) electrons. The van der Waals surface area contributed by atoms with E-state index in [1.54, 1.807) is 0 Å². The molecule has 3 heteroatoms. The SMILES string of the molecule is Cc1ccc(CCC(=O)NCCN2CCCCCC2)cc1. The predicted octanol–water partition coefficient (Wildman–Crippen LogP) is 2.92. The summed E-state index contributed by atoms with van der Waals surface area (Å²) in [7, 11) is 0. The van der Waals surface area contributed by atoms with Crippen molar-refractivity contribution in [1.82, 2.24) is 10.2 Å². The maximum atomic E-state index is 11.9. The molecule has 0 unspecified atom stereocenters. The smallest absolute Gasteiger partial charge is 0.220 e. The third kappa shape index (κ3) is 6.30. The summed E-state index contributed by atoms with van der Waals surface area (Å²) in [6.45, 7) is 6.25. The molecule has 1 heterocycles. The predicted molar refractivity (Wildman–Crippen MR) is 87.4 cm³/mol. The van der Waals surface area contributed by atoms with Crippen LogP contribution in [0.25, 0.3) is 0 Å². The number of aryl methyl sites for hydroxylation is 2. The lowest BCUT2D eigenvalue weighted by Gasteiger charge is -2.19. The molecule has 1 aromatic rings. The first-order chi connectivity index (χ1) is 10.2. The third-order valence-corrected chi connectivity index (χ3v) is 4.21. The van der Waals surface area contributed by atoms with Crippen LogP contribution < -0.4 is 5.32 Å². The molecule has 1 N–H and O–H groups in total. The number of carbonyl (C=O) groups is 1. The van der Waals surface area contributed by atoms with Crippen molar-refractivity contribution >= 4 is 5.91 Å². The highest BCUT2D eigenvalue weighted by atomic mass is 16.1. The van der Waals surface area contributed by atoms with Crippen LogP contribution in [0.4, 0.5) is 0 Å². The van der Waals surface area contributed by atoms with E-state index in [-0.39, 0.29) is 5.91 Å². The van der Waals surface area contributed by atoms with Crippen LogP contribution in [0.15, 0.2) is 24.3 Å². The van der Waals surface area contributed by atoms with Gasteiger partial charge in [-0.15, -0.1) is 0 Å². The maximum absolute atomic E-state index is 11.9. The van der Waals surface area contributed by atoms with Crippen LogP contribution in [0.2, 0.25) is 0 Å². The number of nitrogens with one attached hydrogen (secondary N) is 1. The average molecular weight is 288 g/mol. The minimum atomic E-state index is 0.172. The summed E-state index contributed by atoms with van der Waals surface area (Å²) < 4.78 is 0. The highest BCUT2D eigenvalue weighted by Crippen LogP contribution is 2.09. The van der Waals surface area contributed by atoms with Crippen LogP contribution in [0, 0.1) is 6.92 Å². The highest BCUT2D eigenvalue weighted by molar-refractivity contribution is 5.76. The largest absolute Gasteiger partial charge is 0.355 e. The van der Waals surface area contributed by atoms with Gasteiger partial charge in [0, 0.05) is 19.5 Å². The Hall–Kier alpha value is -1.35. The standard InChI is InChI=1S/C18H28N2O/c1-16-6-8-17(9-7-16)10-11-18(21)19-12-15-20-13-4-2-3-5-14-20/h6-9H,2-5,10-15H2,1H3,(H,19,21). The van der Waals surface area contributed by atoms with Crippen LogP contribution in [0.3, 0.4) is 0 Å². The second-order valence-electron chi connectivity index (χ2n) is 6.09. The molecule has 0 aliphatic carbocycles. The maximum Gasteiger partial charge on any atom is 0.220 e. The number of hydrogen-bond acceptors (Lipinski definition) is 2. The van der Waals surface area contributed by atoms with Crippen molar-refractivity contribution in [2.75, 3.05) is 26.2 Å². The van der Waals surface area contributed by atoms with Crippen molar-refractivity contribution in [2.24, 2.45) is 0 Å². The first-order valence-electron chi connectivity index (χ1n) is 8.28. The summed E-state index contributed by atoms with van der Waals surface area (Å²) in [5.41, 5.74) is 2.50. The van der Waals surface area contributed by atoms with Gasteiger partial charge in [0.15, 0.2) is 0 Å². The van der Waals surface area contributed by atoms with Gasteiger partial charge in [0.2, 0.25) is 5.91 Å². The van der Waals surface area contributed by atoms with Crippen LogP contribution in [-0.2, 0) is 11.2 Å². The monoisotopic (exact) mass is 288 g/mol. The molecule has 3 nitrogen and oxygen atoms in total. The second-order valence-corrected chi connectivity index (χ2v) is 6.09. The highest BCUT2D eigenvalue weighted by Gasteiger charge is 2.09. The van der Waals surface area contributed by atoms with Gasteiger partial charge in [-0.25, -0.2) is 0 Å². The normalized spacial score (nSPS) is 16.4. The van der Waals surface area contributed by atoms with Crippen LogP contribution in [0.1, 0.15) is 43.2 Å². The minimum absolute atomic E-state index is 0.172. The van der Waals surface area contributed by atoms with Crippen LogP contribution >= 0.6 is 0 Å². The van der Waals surface area contributed by atoms with Gasteiger partial charge < -0.3 is 10.2 Å². The lowest BCUT2D eigenvalue weighted by Crippen LogP contribution is -2.35. The summed E-state index contributed by atoms with van der Waals surface area (Å²) in [6.07, 6.45) is 6.75. The van der Waals surface area contributed by atoms with Gasteiger partial charge in [-0.05, 0) is 44.8 Å². The molecule has 0 spiro atoms. The van der Waals surface area contributed by atoms with Gasteiger partial charge in [0.25, 0.3) is 0 Å². The number of carbonyl (C=O) groups excluding carboxylic acids is 1. The molecule has 1 aliphatic heterocycles. The molecule has 1 aliphatic rings. The molecule has 1 saturated heterocycles. The number of benzene rings is 1. The number of hydrogen-bond donors (Lipinski definition) is 1. The Kier molecular flexibility index (Phi) is 6.74. The molecule has 0 bridgehead atoms. The van der Waals surface area contributed by atoms with Gasteiger partial charge in [-0.1, -0.05) is 42.7 Å². The first kappa shape index (κ1) is 16.0. The fourth-order valence-electron chi connectivity index (χ4n) is 2.81. The molecule has 21 heavy (non-hydrogen) atoms. The van der Waals surface area contributed by atoms with Crippen molar-refractivity contribution in [3.8, 4) is 0 Å². The number of amides is 1. The molecule has 2 rings (SSSR count). The van der Waals surface area contributed by atoms with Gasteiger partial charge in [-0.3, -0.25) is 4.79 Å². The van der Waals surface area contributed by atoms with Crippen molar-refractivity contribution in [1.29, 1.82) is 0 Å². The Balaban J connectivity index is 1.59. The van der Waals surface area contributed by atoms with E-state index in [2.05, 4.69) is 41.4 Å². The fourth-order valence-corrected chi connectivity index (χ4v) is 2.81. The Morgan fingerprint density at radius 3 is 2.43 bits per heavy atom. The number of likely N-dealkylation sites (tertiary alicyclic amines) is 1. The van der Waals surface area contributed by atoms with Gasteiger partial charge in [0.05, 0.1) is 0 Å². The lowest BCUT2D eigenvalue weighted by molar-refractivity contribution is -0.121. The molecule has 1 fully saturated rings. The zero-order valence-electron chi connectivity index (χ0n) is 13.2. The minimum Gasteiger partial charge on any atom is -0.355 e. The van der Waals surface area contributed by atoms with Crippen molar-refractivity contribution in [2.45, 2.75) is 45.4 Å². The van der Waals surface area contributed by atoms with E-state index in [0.29, 0.717) is 6.42 Å². The molecule has 116 valence electrons. The Morgan fingerprint density at radius 2 is 1.76 bits per heavy atom. The molecule has 0 atom stereocenters. The van der Waals surface area contributed by atoms with Gasteiger partial charge in [0.1, 0.15) is 0 Å². The Bertz CT molecular complexity index is 419. The summed E-state index contributed by atoms with van der Waals surface area (Å²) >= 11 is 0. The number of rotatable bonds is 6. The van der Waals surface area contributed by atoms with E-state index in [0.717, 1.165) is 19.5 Å². The Labute approximate surface area is 128 Å². The number of nitrogens with zero attached hydrogens (tertiary/aromatic N) is 1. The topological polar surface area (TPSA) is 32.3 Å². The second kappa shape index (κ2) is 8.83. The van der Waals surface area contributed by atoms with Crippen molar-refractivity contribution in [3.63, 3.8) is 0 Å². The molecular weight excluding hydrogens is 260 g/mol. The van der Waals surface area contributed by atoms with Crippen molar-refractivity contribution in [3.05, 3.63) is 35.4 Å². The summed E-state index contributed by atoms with van der Waals surface area (Å²) in [4.78, 5) is 14.3. The Morgan fingerprint density at radius 1 is 1.10 bits per heavy atom. The quantitative estimate of drug-likeness (QED) is 0.873. The first-order valence-corrected chi connectivity index (χ1v) is 8.28. The average Bonchev–Trinajstić information content (AvgIpc) is 2.75. The van der Waals surface area contributed by atoms with Gasteiger partial charge in [-0.2, -0.15) is 0 Å². The van der Waals surface area contributed by atoms with E-state index in [9.17, 15) is 4.79 Å². The van der Waals surface area contributed by atoms with Crippen molar-refractivity contribution < 1.29 is 4.79 Å². The molecule has 1 aromatic carbocycles. The van der Waals surface area contributed by atoms with E-state index in [1.807, 2.05) is 0 Å². The van der Waals surface area contributed by atoms with Crippen LogP contribution in [-0.4, -0.2) is 37.0 Å². The molecule has 1 amide bonds. The summed E-state index contributed by atoms with van der Waals surface area (Å²) in [5.74, 6) is 0.172. The van der Waals surface area contributed by atoms with Gasteiger partial charge >= 0.3 is 0 Å². The summed E-state index contributed by atoms with van der Waals surface area (Å²) in [6, 6.07) is 8.43. The zero-order chi connectivity index (χ0) is 14.9. The lowest BCUT2D eigenvalue weighted by atomic mass is 10.1. The molecule has 0 saturated carbocycles.